The van der Waals surface area contributed by atoms with Crippen molar-refractivity contribution in [3.05, 3.63) is 17.1 Å². The molecule has 3 heteroatoms. The van der Waals surface area contributed by atoms with E-state index in [0.29, 0.717) is 11.7 Å². The molecule has 15 heavy (non-hydrogen) atoms. The minimum absolute atomic E-state index is 0.591. The Morgan fingerprint density at radius 3 is 2.67 bits per heavy atom. The second-order valence-corrected chi connectivity index (χ2v) is 4.42. The molecular weight excluding hydrogens is 186 g/mol. The summed E-state index contributed by atoms with van der Waals surface area (Å²) < 4.78 is 0. The van der Waals surface area contributed by atoms with Crippen LogP contribution in [0.25, 0.3) is 0 Å². The van der Waals surface area contributed by atoms with Crippen molar-refractivity contribution < 1.29 is 0 Å². The highest BCUT2D eigenvalue weighted by molar-refractivity contribution is 5.41. The third kappa shape index (κ3) is 2.28. The average Bonchev–Trinajstić information content (AvgIpc) is 3.03. The monoisotopic (exact) mass is 205 g/mol. The number of aryl methyl sites for hydroxylation is 1. The summed E-state index contributed by atoms with van der Waals surface area (Å²) in [4.78, 5) is 9.01. The number of unbranched alkanes of at least 4 members (excludes halogenated alkanes) is 1. The zero-order valence-corrected chi connectivity index (χ0v) is 9.58. The van der Waals surface area contributed by atoms with Gasteiger partial charge in [0, 0.05) is 17.2 Å². The van der Waals surface area contributed by atoms with Crippen molar-refractivity contribution in [3.8, 4) is 0 Å². The molecule has 1 saturated carbocycles. The van der Waals surface area contributed by atoms with Crippen LogP contribution in [0.4, 0.5) is 5.82 Å². The summed E-state index contributed by atoms with van der Waals surface area (Å²) in [5, 5.41) is 0. The molecule has 1 aliphatic carbocycles. The first-order valence-corrected chi connectivity index (χ1v) is 5.85. The molecule has 0 spiro atoms. The zero-order valence-electron chi connectivity index (χ0n) is 9.58. The highest BCUT2D eigenvalue weighted by Gasteiger charge is 2.27. The number of aromatic nitrogens is 2. The lowest BCUT2D eigenvalue weighted by Crippen LogP contribution is -2.06. The maximum Gasteiger partial charge on any atom is 0.134 e. The highest BCUT2D eigenvalue weighted by Crippen LogP contribution is 2.38. The number of anilines is 1. The highest BCUT2D eigenvalue weighted by atomic mass is 15.0. The average molecular weight is 205 g/mol. The molecule has 2 rings (SSSR count). The van der Waals surface area contributed by atoms with E-state index >= 15 is 0 Å². The number of nitrogen functional groups attached to an aromatic ring is 1. The van der Waals surface area contributed by atoms with Crippen molar-refractivity contribution in [3.63, 3.8) is 0 Å². The van der Waals surface area contributed by atoms with Gasteiger partial charge in [-0.15, -0.1) is 0 Å². The molecule has 0 atom stereocenters. The summed E-state index contributed by atoms with van der Waals surface area (Å²) in [5.74, 6) is 2.25. The fourth-order valence-electron chi connectivity index (χ4n) is 1.71. The minimum atomic E-state index is 0.591. The minimum Gasteiger partial charge on any atom is -0.383 e. The van der Waals surface area contributed by atoms with Gasteiger partial charge in [0.1, 0.15) is 11.6 Å². The Kier molecular flexibility index (Phi) is 2.89. The molecule has 0 amide bonds. The van der Waals surface area contributed by atoms with Crippen molar-refractivity contribution in [2.24, 2.45) is 0 Å². The van der Waals surface area contributed by atoms with E-state index in [2.05, 4.69) is 16.9 Å². The van der Waals surface area contributed by atoms with Gasteiger partial charge >= 0.3 is 0 Å². The summed E-state index contributed by atoms with van der Waals surface area (Å²) in [7, 11) is 0. The Hall–Kier alpha value is -1.12. The largest absolute Gasteiger partial charge is 0.383 e. The fraction of sp³-hybridized carbons (Fsp3) is 0.667. The SMILES string of the molecule is CCCCc1nc(C2CC2)nc(N)c1C. The van der Waals surface area contributed by atoms with E-state index < -0.39 is 0 Å². The van der Waals surface area contributed by atoms with Gasteiger partial charge in [0.25, 0.3) is 0 Å². The van der Waals surface area contributed by atoms with Gasteiger partial charge in [-0.25, -0.2) is 9.97 Å². The lowest BCUT2D eigenvalue weighted by molar-refractivity contribution is 0.755. The van der Waals surface area contributed by atoms with Gasteiger partial charge in [-0.05, 0) is 32.6 Å². The van der Waals surface area contributed by atoms with E-state index in [1.54, 1.807) is 0 Å². The van der Waals surface area contributed by atoms with Crippen molar-refractivity contribution >= 4 is 5.82 Å². The van der Waals surface area contributed by atoms with E-state index in [9.17, 15) is 0 Å². The molecule has 1 fully saturated rings. The van der Waals surface area contributed by atoms with E-state index in [4.69, 9.17) is 5.73 Å². The molecule has 0 saturated heterocycles. The Morgan fingerprint density at radius 1 is 1.33 bits per heavy atom. The van der Waals surface area contributed by atoms with Crippen LogP contribution in [0.15, 0.2) is 0 Å². The topological polar surface area (TPSA) is 51.8 Å². The molecule has 0 aliphatic heterocycles. The predicted octanol–water partition coefficient (Wildman–Crippen LogP) is 2.59. The molecule has 1 aliphatic rings. The third-order valence-corrected chi connectivity index (χ3v) is 3.01. The lowest BCUT2D eigenvalue weighted by Gasteiger charge is -2.09. The maximum atomic E-state index is 5.91. The van der Waals surface area contributed by atoms with Crippen LogP contribution in [-0.4, -0.2) is 9.97 Å². The lowest BCUT2D eigenvalue weighted by atomic mass is 10.1. The molecule has 0 radical (unpaired) electrons. The van der Waals surface area contributed by atoms with Crippen LogP contribution in [-0.2, 0) is 6.42 Å². The third-order valence-electron chi connectivity index (χ3n) is 3.01. The van der Waals surface area contributed by atoms with E-state index in [1.165, 1.54) is 25.7 Å². The first-order chi connectivity index (χ1) is 7.22. The predicted molar refractivity (Wildman–Crippen MR) is 61.8 cm³/mol. The fourth-order valence-corrected chi connectivity index (χ4v) is 1.71. The van der Waals surface area contributed by atoms with E-state index in [-0.39, 0.29) is 0 Å². The van der Waals surface area contributed by atoms with Crippen molar-refractivity contribution in [2.75, 3.05) is 5.73 Å². The van der Waals surface area contributed by atoms with Crippen LogP contribution in [0.2, 0.25) is 0 Å². The first kappa shape index (κ1) is 10.4. The van der Waals surface area contributed by atoms with Crippen molar-refractivity contribution in [2.45, 2.75) is 51.9 Å². The molecule has 1 heterocycles. The number of rotatable bonds is 4. The quantitative estimate of drug-likeness (QED) is 0.822. The van der Waals surface area contributed by atoms with Gasteiger partial charge in [-0.2, -0.15) is 0 Å². The summed E-state index contributed by atoms with van der Waals surface area (Å²) in [6.45, 7) is 4.22. The van der Waals surface area contributed by atoms with Gasteiger partial charge < -0.3 is 5.73 Å². The molecule has 82 valence electrons. The molecule has 1 aromatic heterocycles. The van der Waals surface area contributed by atoms with Crippen molar-refractivity contribution in [1.29, 1.82) is 0 Å². The number of nitrogens with two attached hydrogens (primary N) is 1. The molecule has 1 aromatic rings. The van der Waals surface area contributed by atoms with E-state index in [0.717, 1.165) is 23.5 Å². The summed E-state index contributed by atoms with van der Waals surface area (Å²) >= 11 is 0. The van der Waals surface area contributed by atoms with Crippen LogP contribution in [0.5, 0.6) is 0 Å². The van der Waals surface area contributed by atoms with Crippen LogP contribution in [0.1, 0.15) is 55.6 Å². The number of nitrogens with zero attached hydrogens (tertiary/aromatic N) is 2. The Bertz CT molecular complexity index is 356. The van der Waals surface area contributed by atoms with Crippen LogP contribution >= 0.6 is 0 Å². The number of hydrogen-bond acceptors (Lipinski definition) is 3. The smallest absolute Gasteiger partial charge is 0.134 e. The Morgan fingerprint density at radius 2 is 2.07 bits per heavy atom. The van der Waals surface area contributed by atoms with Gasteiger partial charge in [-0.3, -0.25) is 0 Å². The number of hydrogen-bond donors (Lipinski definition) is 1. The Labute approximate surface area is 91.1 Å². The second-order valence-electron chi connectivity index (χ2n) is 4.42. The van der Waals surface area contributed by atoms with Crippen molar-refractivity contribution in [1.82, 2.24) is 9.97 Å². The van der Waals surface area contributed by atoms with Gasteiger partial charge in [-0.1, -0.05) is 13.3 Å². The van der Waals surface area contributed by atoms with Gasteiger partial charge in [0.15, 0.2) is 0 Å². The summed E-state index contributed by atoms with van der Waals surface area (Å²) in [6, 6.07) is 0. The molecule has 3 nitrogen and oxygen atoms in total. The second kappa shape index (κ2) is 4.17. The van der Waals surface area contributed by atoms with Gasteiger partial charge in [0.2, 0.25) is 0 Å². The van der Waals surface area contributed by atoms with E-state index in [1.807, 2.05) is 6.92 Å². The molecule has 0 unspecified atom stereocenters. The van der Waals surface area contributed by atoms with Crippen LogP contribution < -0.4 is 5.73 Å². The molecule has 0 aromatic carbocycles. The summed E-state index contributed by atoms with van der Waals surface area (Å²) in [5.41, 5.74) is 8.14. The van der Waals surface area contributed by atoms with Gasteiger partial charge in [0.05, 0.1) is 0 Å². The molecule has 2 N–H and O–H groups in total. The maximum absolute atomic E-state index is 5.91. The van der Waals surface area contributed by atoms with Crippen LogP contribution in [0.3, 0.4) is 0 Å². The Balaban J connectivity index is 2.25. The van der Waals surface area contributed by atoms with Crippen LogP contribution in [0, 0.1) is 6.92 Å². The normalized spacial score (nSPS) is 15.6. The molecule has 0 bridgehead atoms. The standard InChI is InChI=1S/C12H19N3/c1-3-4-5-10-8(2)11(13)15-12(14-10)9-6-7-9/h9H,3-7H2,1-2H3,(H2,13,14,15). The summed E-state index contributed by atoms with van der Waals surface area (Å²) in [6.07, 6.45) is 5.88. The first-order valence-electron chi connectivity index (χ1n) is 5.85. The zero-order chi connectivity index (χ0) is 10.8. The molecular formula is C12H19N3.